The molecule has 0 aliphatic rings. The largest absolute Gasteiger partial charge is 0.354 e. The number of sulfonamides is 1. The van der Waals surface area contributed by atoms with Gasteiger partial charge in [-0.3, -0.25) is 13.9 Å². The molecule has 0 heterocycles. The average molecular weight is 623 g/mol. The van der Waals surface area contributed by atoms with E-state index in [-0.39, 0.29) is 39.5 Å². The van der Waals surface area contributed by atoms with Crippen molar-refractivity contribution in [1.82, 2.24) is 10.2 Å². The Kier molecular flexibility index (Phi) is 11.6. The minimum Gasteiger partial charge on any atom is -0.354 e. The van der Waals surface area contributed by atoms with Crippen LogP contribution in [-0.2, 0) is 26.2 Å². The van der Waals surface area contributed by atoms with E-state index >= 15 is 0 Å². The third-order valence-electron chi connectivity index (χ3n) is 6.57. The average Bonchev–Trinajstić information content (AvgIpc) is 2.94. The molecule has 41 heavy (non-hydrogen) atoms. The molecule has 0 aliphatic heterocycles. The first-order valence-electron chi connectivity index (χ1n) is 13.3. The lowest BCUT2D eigenvalue weighted by atomic mass is 10.1. The second-order valence-electron chi connectivity index (χ2n) is 9.61. The molecular weight excluding hydrogens is 588 g/mol. The summed E-state index contributed by atoms with van der Waals surface area (Å²) in [5.41, 5.74) is 1.46. The van der Waals surface area contributed by atoms with Crippen molar-refractivity contribution in [2.75, 3.05) is 17.4 Å². The van der Waals surface area contributed by atoms with Crippen molar-refractivity contribution in [3.05, 3.63) is 93.7 Å². The fourth-order valence-electron chi connectivity index (χ4n) is 4.25. The highest BCUT2D eigenvalue weighted by atomic mass is 35.5. The van der Waals surface area contributed by atoms with E-state index in [0.29, 0.717) is 12.1 Å². The summed E-state index contributed by atoms with van der Waals surface area (Å²) in [4.78, 5) is 28.5. The van der Waals surface area contributed by atoms with Crippen LogP contribution in [0.2, 0.25) is 10.0 Å². The van der Waals surface area contributed by atoms with Crippen LogP contribution in [0, 0.1) is 12.7 Å². The van der Waals surface area contributed by atoms with Crippen molar-refractivity contribution in [2.24, 2.45) is 0 Å². The van der Waals surface area contributed by atoms with Crippen LogP contribution < -0.4 is 9.62 Å². The number of amides is 2. The summed E-state index contributed by atoms with van der Waals surface area (Å²) in [6, 6.07) is 15.4. The molecule has 3 aromatic carbocycles. The summed E-state index contributed by atoms with van der Waals surface area (Å²) in [5, 5.41) is 2.95. The van der Waals surface area contributed by atoms with E-state index in [0.717, 1.165) is 22.7 Å². The molecule has 1 N–H and O–H groups in total. The van der Waals surface area contributed by atoms with Crippen LogP contribution in [0.15, 0.2) is 71.6 Å². The monoisotopic (exact) mass is 621 g/mol. The predicted octanol–water partition coefficient (Wildman–Crippen LogP) is 6.36. The molecule has 0 aromatic heterocycles. The molecule has 0 aliphatic carbocycles. The fraction of sp³-hybridized carbons (Fsp3) is 0.333. The van der Waals surface area contributed by atoms with Gasteiger partial charge in [0, 0.05) is 13.1 Å². The highest BCUT2D eigenvalue weighted by molar-refractivity contribution is 7.92. The van der Waals surface area contributed by atoms with Crippen molar-refractivity contribution in [3.63, 3.8) is 0 Å². The van der Waals surface area contributed by atoms with Crippen molar-refractivity contribution in [1.29, 1.82) is 0 Å². The predicted molar refractivity (Wildman–Crippen MR) is 161 cm³/mol. The van der Waals surface area contributed by atoms with Gasteiger partial charge in [-0.1, -0.05) is 79.4 Å². The number of rotatable bonds is 13. The zero-order chi connectivity index (χ0) is 30.2. The standard InChI is InChI=1S/C30H34Cl2FN3O4S/c1-4-6-18-34-30(38)26(5-2)35(19-22-12-14-23(33)15-13-22)28(37)20-36(27-9-7-8-25(31)29(27)32)41(39,40)24-16-10-21(3)11-17-24/h7-17,26H,4-6,18-20H2,1-3H3,(H,34,38)/t26-/m0/s1. The summed E-state index contributed by atoms with van der Waals surface area (Å²) in [6.45, 7) is 5.34. The molecule has 11 heteroatoms. The molecule has 0 bridgehead atoms. The van der Waals surface area contributed by atoms with Crippen molar-refractivity contribution in [2.45, 2.75) is 57.5 Å². The Bertz CT molecular complexity index is 1450. The van der Waals surface area contributed by atoms with Crippen LogP contribution in [0.4, 0.5) is 10.1 Å². The first-order valence-corrected chi connectivity index (χ1v) is 15.5. The number of carbonyl (C=O) groups excluding carboxylic acids is 2. The molecule has 0 spiro atoms. The number of halogens is 3. The van der Waals surface area contributed by atoms with E-state index in [1.165, 1.54) is 59.5 Å². The van der Waals surface area contributed by atoms with Gasteiger partial charge >= 0.3 is 0 Å². The molecule has 220 valence electrons. The van der Waals surface area contributed by atoms with Gasteiger partial charge in [-0.15, -0.1) is 0 Å². The van der Waals surface area contributed by atoms with Crippen LogP contribution in [0.1, 0.15) is 44.2 Å². The minimum absolute atomic E-state index is 0.0234. The maximum atomic E-state index is 14.1. The van der Waals surface area contributed by atoms with Crippen LogP contribution in [0.25, 0.3) is 0 Å². The molecule has 2 amide bonds. The Balaban J connectivity index is 2.07. The van der Waals surface area contributed by atoms with Gasteiger partial charge in [0.2, 0.25) is 11.8 Å². The highest BCUT2D eigenvalue weighted by Crippen LogP contribution is 2.35. The number of nitrogens with one attached hydrogen (secondary N) is 1. The lowest BCUT2D eigenvalue weighted by molar-refractivity contribution is -0.140. The van der Waals surface area contributed by atoms with Crippen molar-refractivity contribution in [3.8, 4) is 0 Å². The Hall–Kier alpha value is -3.14. The second kappa shape index (κ2) is 14.7. The van der Waals surface area contributed by atoms with Crippen LogP contribution in [0.3, 0.4) is 0 Å². The molecule has 7 nitrogen and oxygen atoms in total. The SMILES string of the molecule is CCCCNC(=O)[C@H](CC)N(Cc1ccc(F)cc1)C(=O)CN(c1cccc(Cl)c1Cl)S(=O)(=O)c1ccc(C)cc1. The molecular formula is C30H34Cl2FN3O4S. The van der Waals surface area contributed by atoms with E-state index < -0.39 is 34.3 Å². The smallest absolute Gasteiger partial charge is 0.264 e. The van der Waals surface area contributed by atoms with Gasteiger partial charge in [0.1, 0.15) is 18.4 Å². The van der Waals surface area contributed by atoms with Gasteiger partial charge in [-0.2, -0.15) is 0 Å². The number of benzene rings is 3. The van der Waals surface area contributed by atoms with E-state index in [4.69, 9.17) is 23.2 Å². The highest BCUT2D eigenvalue weighted by Gasteiger charge is 2.34. The first kappa shape index (κ1) is 32.4. The van der Waals surface area contributed by atoms with Crippen LogP contribution in [0.5, 0.6) is 0 Å². The van der Waals surface area contributed by atoms with E-state index in [2.05, 4.69) is 5.32 Å². The molecule has 0 fully saturated rings. The summed E-state index contributed by atoms with van der Waals surface area (Å²) < 4.78 is 42.4. The summed E-state index contributed by atoms with van der Waals surface area (Å²) in [5.74, 6) is -1.44. The van der Waals surface area contributed by atoms with Gasteiger partial charge < -0.3 is 10.2 Å². The van der Waals surface area contributed by atoms with E-state index in [9.17, 15) is 22.4 Å². The number of carbonyl (C=O) groups is 2. The lowest BCUT2D eigenvalue weighted by Crippen LogP contribution is -2.52. The normalized spacial score (nSPS) is 12.0. The molecule has 0 unspecified atom stereocenters. The second-order valence-corrected chi connectivity index (χ2v) is 12.3. The number of hydrogen-bond donors (Lipinski definition) is 1. The molecule has 0 saturated carbocycles. The number of anilines is 1. The fourth-order valence-corrected chi connectivity index (χ4v) is 6.12. The Morgan fingerprint density at radius 3 is 2.24 bits per heavy atom. The topological polar surface area (TPSA) is 86.8 Å². The Morgan fingerprint density at radius 1 is 0.976 bits per heavy atom. The summed E-state index contributed by atoms with van der Waals surface area (Å²) in [7, 11) is -4.29. The summed E-state index contributed by atoms with van der Waals surface area (Å²) in [6.07, 6.45) is 1.92. The third-order valence-corrected chi connectivity index (χ3v) is 9.15. The van der Waals surface area contributed by atoms with Crippen LogP contribution in [-0.4, -0.2) is 44.3 Å². The minimum atomic E-state index is -4.29. The summed E-state index contributed by atoms with van der Waals surface area (Å²) >= 11 is 12.7. The maximum absolute atomic E-state index is 14.1. The Morgan fingerprint density at radius 2 is 1.63 bits per heavy atom. The number of hydrogen-bond acceptors (Lipinski definition) is 4. The number of nitrogens with zero attached hydrogens (tertiary/aromatic N) is 2. The zero-order valence-corrected chi connectivity index (χ0v) is 25.6. The zero-order valence-electron chi connectivity index (χ0n) is 23.2. The molecule has 1 atom stereocenters. The van der Waals surface area contributed by atoms with Gasteiger partial charge in [-0.25, -0.2) is 12.8 Å². The Labute approximate surface area is 251 Å². The molecule has 0 saturated heterocycles. The van der Waals surface area contributed by atoms with E-state index in [1.807, 2.05) is 13.8 Å². The van der Waals surface area contributed by atoms with Gasteiger partial charge in [-0.05, 0) is 61.7 Å². The quantitative estimate of drug-likeness (QED) is 0.225. The molecule has 0 radical (unpaired) electrons. The lowest BCUT2D eigenvalue weighted by Gasteiger charge is -2.33. The van der Waals surface area contributed by atoms with Crippen molar-refractivity contribution >= 4 is 50.7 Å². The first-order chi connectivity index (χ1) is 19.5. The number of aryl methyl sites for hydroxylation is 1. The number of unbranched alkanes of at least 4 members (excludes halogenated alkanes) is 1. The van der Waals surface area contributed by atoms with Gasteiger partial charge in [0.15, 0.2) is 0 Å². The van der Waals surface area contributed by atoms with Crippen LogP contribution >= 0.6 is 23.2 Å². The molecule has 3 rings (SSSR count). The van der Waals surface area contributed by atoms with E-state index in [1.54, 1.807) is 19.1 Å². The van der Waals surface area contributed by atoms with Gasteiger partial charge in [0.05, 0.1) is 20.6 Å². The van der Waals surface area contributed by atoms with Crippen molar-refractivity contribution < 1.29 is 22.4 Å². The van der Waals surface area contributed by atoms with Gasteiger partial charge in [0.25, 0.3) is 10.0 Å². The third kappa shape index (κ3) is 8.21. The maximum Gasteiger partial charge on any atom is 0.264 e. The molecule has 3 aromatic rings.